The van der Waals surface area contributed by atoms with Gasteiger partial charge in [-0.25, -0.2) is 0 Å². The molecule has 98 valence electrons. The number of thioether (sulfide) groups is 1. The first-order chi connectivity index (χ1) is 8.15. The smallest absolute Gasteiger partial charge is 0.305 e. The third-order valence-electron chi connectivity index (χ3n) is 2.98. The van der Waals surface area contributed by atoms with Crippen molar-refractivity contribution < 1.29 is 14.7 Å². The molecule has 0 radical (unpaired) electrons. The average molecular weight is 259 g/mol. The highest BCUT2D eigenvalue weighted by Gasteiger charge is 2.29. The van der Waals surface area contributed by atoms with Crippen molar-refractivity contribution in [2.45, 2.75) is 45.1 Å². The summed E-state index contributed by atoms with van der Waals surface area (Å²) in [5, 5.41) is 8.78. The van der Waals surface area contributed by atoms with Crippen molar-refractivity contribution in [1.82, 2.24) is 4.90 Å². The second-order valence-corrected chi connectivity index (χ2v) is 5.49. The van der Waals surface area contributed by atoms with Crippen molar-refractivity contribution in [1.29, 1.82) is 0 Å². The Kier molecular flexibility index (Phi) is 6.40. The first kappa shape index (κ1) is 14.4. The van der Waals surface area contributed by atoms with E-state index in [1.165, 1.54) is 0 Å². The lowest BCUT2D eigenvalue weighted by atomic mass is 10.1. The van der Waals surface area contributed by atoms with E-state index in [-0.39, 0.29) is 18.4 Å². The third-order valence-corrected chi connectivity index (χ3v) is 4.00. The van der Waals surface area contributed by atoms with Crippen LogP contribution in [-0.2, 0) is 9.59 Å². The van der Waals surface area contributed by atoms with Gasteiger partial charge in [0.1, 0.15) is 0 Å². The number of rotatable bonds is 7. The summed E-state index contributed by atoms with van der Waals surface area (Å²) in [6, 6.07) is -0.0771. The molecule has 0 aromatic rings. The standard InChI is InChI=1S/C12H21NO3S/c1-2-3-7-17-9-11(14)13-6-4-5-10(13)8-12(15)16/h10H,2-9H2,1H3,(H,15,16). The van der Waals surface area contributed by atoms with Crippen molar-refractivity contribution in [2.75, 3.05) is 18.1 Å². The summed E-state index contributed by atoms with van der Waals surface area (Å²) in [4.78, 5) is 24.3. The zero-order chi connectivity index (χ0) is 12.7. The maximum absolute atomic E-state index is 11.9. The minimum absolute atomic E-state index is 0.0771. The molecule has 0 bridgehead atoms. The van der Waals surface area contributed by atoms with Crippen LogP contribution in [-0.4, -0.2) is 46.0 Å². The molecule has 1 rings (SSSR count). The lowest BCUT2D eigenvalue weighted by Gasteiger charge is -2.23. The summed E-state index contributed by atoms with van der Waals surface area (Å²) in [7, 11) is 0. The molecule has 1 unspecified atom stereocenters. The van der Waals surface area contributed by atoms with Gasteiger partial charge in [-0.3, -0.25) is 9.59 Å². The van der Waals surface area contributed by atoms with Gasteiger partial charge in [0, 0.05) is 12.6 Å². The predicted molar refractivity (Wildman–Crippen MR) is 69.2 cm³/mol. The van der Waals surface area contributed by atoms with Crippen molar-refractivity contribution in [3.63, 3.8) is 0 Å². The van der Waals surface area contributed by atoms with Crippen molar-refractivity contribution in [2.24, 2.45) is 0 Å². The molecule has 0 aromatic carbocycles. The molecular formula is C12H21NO3S. The quantitative estimate of drug-likeness (QED) is 0.710. The van der Waals surface area contributed by atoms with Gasteiger partial charge in [-0.05, 0) is 25.0 Å². The van der Waals surface area contributed by atoms with E-state index in [0.717, 1.165) is 38.0 Å². The molecule has 1 saturated heterocycles. The molecule has 1 heterocycles. The second-order valence-electron chi connectivity index (χ2n) is 4.39. The number of amides is 1. The number of aliphatic carboxylic acids is 1. The van der Waals surface area contributed by atoms with Crippen LogP contribution in [0, 0.1) is 0 Å². The Hall–Kier alpha value is -0.710. The molecule has 1 amide bonds. The highest BCUT2D eigenvalue weighted by atomic mass is 32.2. The van der Waals surface area contributed by atoms with E-state index < -0.39 is 5.97 Å². The molecule has 0 aromatic heterocycles. The van der Waals surface area contributed by atoms with Crippen LogP contribution in [0.25, 0.3) is 0 Å². The molecule has 1 N–H and O–H groups in total. The van der Waals surface area contributed by atoms with E-state index >= 15 is 0 Å². The highest BCUT2D eigenvalue weighted by molar-refractivity contribution is 7.99. The van der Waals surface area contributed by atoms with E-state index in [9.17, 15) is 9.59 Å². The Morgan fingerprint density at radius 1 is 1.47 bits per heavy atom. The fourth-order valence-corrected chi connectivity index (χ4v) is 3.04. The van der Waals surface area contributed by atoms with Crippen LogP contribution < -0.4 is 0 Å². The second kappa shape index (κ2) is 7.58. The zero-order valence-electron chi connectivity index (χ0n) is 10.4. The number of carbonyl (C=O) groups is 2. The number of unbranched alkanes of at least 4 members (excludes halogenated alkanes) is 1. The van der Waals surface area contributed by atoms with Gasteiger partial charge in [-0.1, -0.05) is 13.3 Å². The molecule has 4 nitrogen and oxygen atoms in total. The van der Waals surface area contributed by atoms with Crippen LogP contribution in [0.15, 0.2) is 0 Å². The fraction of sp³-hybridized carbons (Fsp3) is 0.833. The van der Waals surface area contributed by atoms with Crippen LogP contribution in [0.2, 0.25) is 0 Å². The van der Waals surface area contributed by atoms with Crippen LogP contribution in [0.4, 0.5) is 0 Å². The number of likely N-dealkylation sites (tertiary alicyclic amines) is 1. The van der Waals surface area contributed by atoms with Crippen molar-refractivity contribution >= 4 is 23.6 Å². The molecule has 5 heteroatoms. The van der Waals surface area contributed by atoms with E-state index in [4.69, 9.17) is 5.11 Å². The van der Waals surface area contributed by atoms with Gasteiger partial charge in [0.25, 0.3) is 0 Å². The van der Waals surface area contributed by atoms with Crippen molar-refractivity contribution in [3.05, 3.63) is 0 Å². The first-order valence-electron chi connectivity index (χ1n) is 6.24. The molecule has 1 atom stereocenters. The highest BCUT2D eigenvalue weighted by Crippen LogP contribution is 2.21. The predicted octanol–water partition coefficient (Wildman–Crippen LogP) is 1.99. The number of carbonyl (C=O) groups excluding carboxylic acids is 1. The summed E-state index contributed by atoms with van der Waals surface area (Å²) in [6.45, 7) is 2.86. The number of hydrogen-bond acceptors (Lipinski definition) is 3. The summed E-state index contributed by atoms with van der Waals surface area (Å²) in [5.74, 6) is 0.804. The Labute approximate surface area is 107 Å². The van der Waals surface area contributed by atoms with E-state index in [1.807, 2.05) is 0 Å². The molecule has 1 fully saturated rings. The lowest BCUT2D eigenvalue weighted by Crippen LogP contribution is -2.38. The SMILES string of the molecule is CCCCSCC(=O)N1CCCC1CC(=O)O. The summed E-state index contributed by atoms with van der Waals surface area (Å²) >= 11 is 1.66. The molecule has 0 aliphatic carbocycles. The number of nitrogens with zero attached hydrogens (tertiary/aromatic N) is 1. The van der Waals surface area contributed by atoms with E-state index in [1.54, 1.807) is 16.7 Å². The Bertz CT molecular complexity index is 270. The van der Waals surface area contributed by atoms with E-state index in [0.29, 0.717) is 5.75 Å². The minimum Gasteiger partial charge on any atom is -0.481 e. The molecule has 1 aliphatic heterocycles. The third kappa shape index (κ3) is 4.98. The molecule has 0 saturated carbocycles. The summed E-state index contributed by atoms with van der Waals surface area (Å²) in [5.41, 5.74) is 0. The molecular weight excluding hydrogens is 238 g/mol. The van der Waals surface area contributed by atoms with Crippen LogP contribution in [0.3, 0.4) is 0 Å². The summed E-state index contributed by atoms with van der Waals surface area (Å²) < 4.78 is 0. The molecule has 0 spiro atoms. The van der Waals surface area contributed by atoms with Gasteiger partial charge in [0.05, 0.1) is 12.2 Å². The van der Waals surface area contributed by atoms with Crippen LogP contribution >= 0.6 is 11.8 Å². The number of carboxylic acid groups (broad SMARTS) is 1. The van der Waals surface area contributed by atoms with Crippen molar-refractivity contribution in [3.8, 4) is 0 Å². The number of carboxylic acids is 1. The van der Waals surface area contributed by atoms with Gasteiger partial charge in [-0.15, -0.1) is 0 Å². The van der Waals surface area contributed by atoms with Gasteiger partial charge in [-0.2, -0.15) is 11.8 Å². The average Bonchev–Trinajstić information content (AvgIpc) is 2.71. The number of hydrogen-bond donors (Lipinski definition) is 1. The topological polar surface area (TPSA) is 57.6 Å². The Morgan fingerprint density at radius 3 is 2.88 bits per heavy atom. The van der Waals surface area contributed by atoms with E-state index in [2.05, 4.69) is 6.92 Å². The Balaban J connectivity index is 2.31. The van der Waals surface area contributed by atoms with Crippen LogP contribution in [0.1, 0.15) is 39.0 Å². The van der Waals surface area contributed by atoms with Gasteiger partial charge < -0.3 is 10.0 Å². The summed E-state index contributed by atoms with van der Waals surface area (Å²) in [6.07, 6.45) is 4.13. The lowest BCUT2D eigenvalue weighted by molar-refractivity contribution is -0.139. The normalized spacial score (nSPS) is 19.6. The first-order valence-corrected chi connectivity index (χ1v) is 7.39. The fourth-order valence-electron chi connectivity index (χ4n) is 2.07. The largest absolute Gasteiger partial charge is 0.481 e. The van der Waals surface area contributed by atoms with Crippen LogP contribution in [0.5, 0.6) is 0 Å². The Morgan fingerprint density at radius 2 is 2.24 bits per heavy atom. The monoisotopic (exact) mass is 259 g/mol. The molecule has 17 heavy (non-hydrogen) atoms. The van der Waals surface area contributed by atoms with Gasteiger partial charge >= 0.3 is 5.97 Å². The zero-order valence-corrected chi connectivity index (χ0v) is 11.2. The maximum Gasteiger partial charge on any atom is 0.305 e. The minimum atomic E-state index is -0.812. The molecule has 1 aliphatic rings. The maximum atomic E-state index is 11.9. The van der Waals surface area contributed by atoms with Gasteiger partial charge in [0.15, 0.2) is 0 Å². The van der Waals surface area contributed by atoms with Gasteiger partial charge in [0.2, 0.25) is 5.91 Å².